The Morgan fingerprint density at radius 2 is 0.840 bits per heavy atom. The van der Waals surface area contributed by atoms with E-state index in [-0.39, 0.29) is 0 Å². The Labute approximate surface area is 294 Å². The predicted molar refractivity (Wildman–Crippen MR) is 217 cm³/mol. The number of thiophene rings is 1. The van der Waals surface area contributed by atoms with E-state index in [2.05, 4.69) is 193 Å². The van der Waals surface area contributed by atoms with Crippen LogP contribution in [0.4, 0.5) is 17.1 Å². The highest BCUT2D eigenvalue weighted by molar-refractivity contribution is 7.25. The van der Waals surface area contributed by atoms with Crippen LogP contribution >= 0.6 is 11.3 Å². The second-order valence-corrected chi connectivity index (χ2v) is 14.0. The van der Waals surface area contributed by atoms with Crippen molar-refractivity contribution in [2.75, 3.05) is 4.90 Å². The molecule has 0 unspecified atom stereocenters. The molecule has 0 aliphatic heterocycles. The fourth-order valence-corrected chi connectivity index (χ4v) is 8.74. The van der Waals surface area contributed by atoms with Crippen LogP contribution in [0.2, 0.25) is 0 Å². The van der Waals surface area contributed by atoms with Crippen molar-refractivity contribution >= 4 is 80.9 Å². The number of fused-ring (bicyclic) bond motifs is 7. The first-order valence-electron chi connectivity index (χ1n) is 17.1. The zero-order valence-corrected chi connectivity index (χ0v) is 28.1. The zero-order valence-electron chi connectivity index (χ0n) is 27.3. The van der Waals surface area contributed by atoms with Gasteiger partial charge in [-0.2, -0.15) is 0 Å². The smallest absolute Gasteiger partial charge is 0.0468 e. The first-order valence-corrected chi connectivity index (χ1v) is 17.9. The summed E-state index contributed by atoms with van der Waals surface area (Å²) >= 11 is 1.86. The normalized spacial score (nSPS) is 11.6. The number of hydrogen-bond acceptors (Lipinski definition) is 2. The highest BCUT2D eigenvalue weighted by atomic mass is 32.1. The van der Waals surface area contributed by atoms with Crippen molar-refractivity contribution < 1.29 is 0 Å². The van der Waals surface area contributed by atoms with E-state index in [9.17, 15) is 0 Å². The van der Waals surface area contributed by atoms with Crippen molar-refractivity contribution in [1.29, 1.82) is 0 Å². The molecular formula is C48H31NS. The average Bonchev–Trinajstić information content (AvgIpc) is 3.56. The van der Waals surface area contributed by atoms with Gasteiger partial charge in [-0.25, -0.2) is 0 Å². The molecule has 1 heterocycles. The van der Waals surface area contributed by atoms with E-state index in [0.717, 1.165) is 17.1 Å². The summed E-state index contributed by atoms with van der Waals surface area (Å²) in [5, 5.41) is 10.2. The molecule has 0 amide bonds. The van der Waals surface area contributed by atoms with Crippen molar-refractivity contribution in [1.82, 2.24) is 0 Å². The van der Waals surface area contributed by atoms with Gasteiger partial charge in [-0.15, -0.1) is 11.3 Å². The molecule has 0 aliphatic carbocycles. The summed E-state index contributed by atoms with van der Waals surface area (Å²) in [7, 11) is 0. The Balaban J connectivity index is 1.11. The summed E-state index contributed by atoms with van der Waals surface area (Å²) < 4.78 is 2.62. The van der Waals surface area contributed by atoms with E-state index in [4.69, 9.17) is 0 Å². The topological polar surface area (TPSA) is 3.24 Å². The predicted octanol–water partition coefficient (Wildman–Crippen LogP) is 14.3. The van der Waals surface area contributed by atoms with Crippen molar-refractivity contribution in [3.05, 3.63) is 188 Å². The lowest BCUT2D eigenvalue weighted by Gasteiger charge is -2.26. The van der Waals surface area contributed by atoms with Gasteiger partial charge in [0, 0.05) is 37.2 Å². The summed E-state index contributed by atoms with van der Waals surface area (Å²) in [6.07, 6.45) is 0. The van der Waals surface area contributed by atoms with Gasteiger partial charge in [0.1, 0.15) is 0 Å². The van der Waals surface area contributed by atoms with E-state index < -0.39 is 0 Å². The average molecular weight is 654 g/mol. The maximum atomic E-state index is 2.39. The van der Waals surface area contributed by atoms with Crippen LogP contribution in [0, 0.1) is 0 Å². The zero-order chi connectivity index (χ0) is 33.0. The molecule has 0 N–H and O–H groups in total. The summed E-state index contributed by atoms with van der Waals surface area (Å²) in [6.45, 7) is 0. The van der Waals surface area contributed by atoms with Gasteiger partial charge >= 0.3 is 0 Å². The van der Waals surface area contributed by atoms with Gasteiger partial charge in [0.05, 0.1) is 0 Å². The van der Waals surface area contributed by atoms with Gasteiger partial charge in [-0.3, -0.25) is 0 Å². The van der Waals surface area contributed by atoms with E-state index in [1.165, 1.54) is 74.7 Å². The van der Waals surface area contributed by atoms with Crippen LogP contribution in [0.1, 0.15) is 0 Å². The largest absolute Gasteiger partial charge is 0.310 e. The molecule has 1 aromatic heterocycles. The molecule has 0 spiro atoms. The molecule has 1 nitrogen and oxygen atoms in total. The lowest BCUT2D eigenvalue weighted by Crippen LogP contribution is -2.09. The Kier molecular flexibility index (Phi) is 6.75. The molecule has 10 aromatic rings. The fourth-order valence-electron chi connectivity index (χ4n) is 7.65. The van der Waals surface area contributed by atoms with Crippen LogP contribution < -0.4 is 4.90 Å². The van der Waals surface area contributed by atoms with Crippen LogP contribution in [0.3, 0.4) is 0 Å². The second kappa shape index (κ2) is 11.7. The summed E-state index contributed by atoms with van der Waals surface area (Å²) in [5.41, 5.74) is 8.31. The fraction of sp³-hybridized carbons (Fsp3) is 0. The molecule has 10 rings (SSSR count). The van der Waals surface area contributed by atoms with Gasteiger partial charge in [-0.05, 0) is 109 Å². The third-order valence-electron chi connectivity index (χ3n) is 10.0. The maximum absolute atomic E-state index is 2.39. The third kappa shape index (κ3) is 4.76. The molecule has 50 heavy (non-hydrogen) atoms. The summed E-state index contributed by atoms with van der Waals surface area (Å²) in [6, 6.07) is 68.8. The lowest BCUT2D eigenvalue weighted by atomic mass is 9.93. The number of rotatable bonds is 5. The first-order chi connectivity index (χ1) is 24.8. The highest BCUT2D eigenvalue weighted by Crippen LogP contribution is 2.42. The van der Waals surface area contributed by atoms with Gasteiger partial charge in [0.25, 0.3) is 0 Å². The Bertz CT molecular complexity index is 2860. The number of benzene rings is 9. The quantitative estimate of drug-likeness (QED) is 0.167. The molecule has 2 heteroatoms. The molecule has 0 atom stereocenters. The highest BCUT2D eigenvalue weighted by Gasteiger charge is 2.17. The van der Waals surface area contributed by atoms with E-state index >= 15 is 0 Å². The van der Waals surface area contributed by atoms with Crippen molar-refractivity contribution in [2.45, 2.75) is 0 Å². The van der Waals surface area contributed by atoms with Crippen molar-refractivity contribution in [3.63, 3.8) is 0 Å². The van der Waals surface area contributed by atoms with Crippen molar-refractivity contribution in [2.24, 2.45) is 0 Å². The summed E-state index contributed by atoms with van der Waals surface area (Å²) in [5.74, 6) is 0. The van der Waals surface area contributed by atoms with E-state index in [0.29, 0.717) is 0 Å². The first kappa shape index (κ1) is 28.8. The van der Waals surface area contributed by atoms with Gasteiger partial charge in [0.2, 0.25) is 0 Å². The van der Waals surface area contributed by atoms with Gasteiger partial charge < -0.3 is 4.90 Å². The molecular weight excluding hydrogens is 623 g/mol. The second-order valence-electron chi connectivity index (χ2n) is 12.9. The SMILES string of the molecule is c1ccc2c(-c3ccc(N(c4ccc(-c5cc6ccccc6c6ccccc56)cc4)c4ccc5sc6ccccc6c5c4)cc3)cccc2c1. The van der Waals surface area contributed by atoms with Crippen LogP contribution in [0.15, 0.2) is 188 Å². The van der Waals surface area contributed by atoms with E-state index in [1.807, 2.05) is 11.3 Å². The Hall–Kier alpha value is -6.22. The minimum atomic E-state index is 1.12. The molecule has 0 radical (unpaired) electrons. The van der Waals surface area contributed by atoms with Crippen LogP contribution in [-0.2, 0) is 0 Å². The Morgan fingerprint density at radius 1 is 0.300 bits per heavy atom. The third-order valence-corrected chi connectivity index (χ3v) is 11.2. The molecule has 0 fully saturated rings. The summed E-state index contributed by atoms with van der Waals surface area (Å²) in [4.78, 5) is 2.39. The minimum Gasteiger partial charge on any atom is -0.310 e. The van der Waals surface area contributed by atoms with Crippen LogP contribution in [-0.4, -0.2) is 0 Å². The van der Waals surface area contributed by atoms with Crippen molar-refractivity contribution in [3.8, 4) is 22.3 Å². The standard InChI is InChI=1S/C48H31NS/c1-3-13-39-32(10-1)12-9-18-40(39)33-20-24-36(25-21-33)49(38-28-29-48-46(31-38)44-17-7-8-19-47(44)50-48)37-26-22-34(23-27-37)45-30-35-11-2-4-14-41(35)42-15-5-6-16-43(42)45/h1-31H. The number of anilines is 3. The molecule has 0 bridgehead atoms. The Morgan fingerprint density at radius 3 is 1.60 bits per heavy atom. The number of hydrogen-bond donors (Lipinski definition) is 0. The molecule has 234 valence electrons. The van der Waals surface area contributed by atoms with E-state index in [1.54, 1.807) is 0 Å². The maximum Gasteiger partial charge on any atom is 0.0468 e. The lowest BCUT2D eigenvalue weighted by molar-refractivity contribution is 1.29. The van der Waals surface area contributed by atoms with Crippen LogP contribution in [0.5, 0.6) is 0 Å². The van der Waals surface area contributed by atoms with Crippen LogP contribution in [0.25, 0.3) is 74.7 Å². The molecule has 0 aliphatic rings. The minimum absolute atomic E-state index is 1.12. The molecule has 0 saturated carbocycles. The molecule has 0 saturated heterocycles. The van der Waals surface area contributed by atoms with Gasteiger partial charge in [-0.1, -0.05) is 133 Å². The number of nitrogens with zero attached hydrogens (tertiary/aromatic N) is 1. The molecule has 9 aromatic carbocycles. The monoisotopic (exact) mass is 653 g/mol. The van der Waals surface area contributed by atoms with Gasteiger partial charge in [0.15, 0.2) is 0 Å².